The van der Waals surface area contributed by atoms with Crippen LogP contribution in [0.1, 0.15) is 41.1 Å². The molecule has 210 valence electrons. The number of benzene rings is 2. The highest BCUT2D eigenvalue weighted by atomic mass is 32.1. The van der Waals surface area contributed by atoms with Crippen molar-refractivity contribution < 1.29 is 14.5 Å². The van der Waals surface area contributed by atoms with Gasteiger partial charge >= 0.3 is 0 Å². The SMILES string of the molecule is COc1cc([N+](=O)[O-])ccc1-n1c(C)cc(C2C(c3ccccn3)NC(=S)N2CCC(=O)Nc2ccccc2)c1C. The van der Waals surface area contributed by atoms with E-state index in [0.29, 0.717) is 23.1 Å². The number of hydrogen-bond acceptors (Lipinski definition) is 6. The molecule has 1 aliphatic heterocycles. The predicted molar refractivity (Wildman–Crippen MR) is 160 cm³/mol. The first-order chi connectivity index (χ1) is 19.8. The molecular formula is C30H30N6O4S. The Morgan fingerprint density at radius 1 is 1.12 bits per heavy atom. The van der Waals surface area contributed by atoms with E-state index < -0.39 is 4.92 Å². The summed E-state index contributed by atoms with van der Waals surface area (Å²) in [5.41, 5.74) is 5.05. The smallest absolute Gasteiger partial charge is 0.273 e. The Morgan fingerprint density at radius 2 is 1.88 bits per heavy atom. The van der Waals surface area contributed by atoms with Gasteiger partial charge in [-0.05, 0) is 68.0 Å². The van der Waals surface area contributed by atoms with Crippen molar-refractivity contribution in [2.24, 2.45) is 0 Å². The van der Waals surface area contributed by atoms with Gasteiger partial charge < -0.3 is 24.8 Å². The van der Waals surface area contributed by atoms with Crippen LogP contribution in [-0.2, 0) is 4.79 Å². The average molecular weight is 571 g/mol. The third-order valence-corrected chi connectivity index (χ3v) is 7.59. The average Bonchev–Trinajstić information content (AvgIpc) is 3.46. The molecule has 0 radical (unpaired) electrons. The minimum atomic E-state index is -0.443. The van der Waals surface area contributed by atoms with E-state index in [1.165, 1.54) is 19.2 Å². The van der Waals surface area contributed by atoms with Gasteiger partial charge in [-0.15, -0.1) is 0 Å². The fourth-order valence-electron chi connectivity index (χ4n) is 5.37. The summed E-state index contributed by atoms with van der Waals surface area (Å²) >= 11 is 5.80. The molecule has 0 saturated carbocycles. The number of nitrogens with zero attached hydrogens (tertiary/aromatic N) is 4. The maximum absolute atomic E-state index is 12.8. The number of thiocarbonyl (C=S) groups is 1. The molecule has 0 spiro atoms. The molecule has 1 fully saturated rings. The lowest BCUT2D eigenvalue weighted by Gasteiger charge is -2.28. The highest BCUT2D eigenvalue weighted by molar-refractivity contribution is 7.80. The summed E-state index contributed by atoms with van der Waals surface area (Å²) < 4.78 is 7.58. The number of nitro groups is 1. The molecule has 10 nitrogen and oxygen atoms in total. The summed E-state index contributed by atoms with van der Waals surface area (Å²) in [6.07, 6.45) is 1.98. The van der Waals surface area contributed by atoms with E-state index in [9.17, 15) is 14.9 Å². The van der Waals surface area contributed by atoms with Gasteiger partial charge in [-0.1, -0.05) is 24.3 Å². The molecular weight excluding hydrogens is 540 g/mol. The number of rotatable bonds is 9. The van der Waals surface area contributed by atoms with Crippen LogP contribution in [0.3, 0.4) is 0 Å². The number of hydrogen-bond donors (Lipinski definition) is 2. The van der Waals surface area contributed by atoms with Crippen LogP contribution in [0, 0.1) is 24.0 Å². The van der Waals surface area contributed by atoms with Crippen LogP contribution in [0.4, 0.5) is 11.4 Å². The fraction of sp³-hybridized carbons (Fsp3) is 0.233. The number of pyridine rings is 1. The Labute approximate surface area is 243 Å². The number of nitrogens with one attached hydrogen (secondary N) is 2. The second kappa shape index (κ2) is 11.8. The molecule has 41 heavy (non-hydrogen) atoms. The quantitative estimate of drug-likeness (QED) is 0.156. The first-order valence-electron chi connectivity index (χ1n) is 13.1. The van der Waals surface area contributed by atoms with E-state index in [4.69, 9.17) is 17.0 Å². The molecule has 4 aromatic rings. The number of aromatic nitrogens is 2. The summed E-state index contributed by atoms with van der Waals surface area (Å²) in [6, 6.07) is 21.3. The summed E-state index contributed by atoms with van der Waals surface area (Å²) in [4.78, 5) is 30.4. The number of amides is 1. The Hall–Kier alpha value is -4.77. The highest BCUT2D eigenvalue weighted by Crippen LogP contribution is 2.42. The van der Waals surface area contributed by atoms with Gasteiger partial charge in [-0.25, -0.2) is 0 Å². The van der Waals surface area contributed by atoms with Crippen LogP contribution in [0.5, 0.6) is 5.75 Å². The van der Waals surface area contributed by atoms with Crippen molar-refractivity contribution in [3.05, 3.63) is 112 Å². The van der Waals surface area contributed by atoms with E-state index in [2.05, 4.69) is 21.7 Å². The number of carbonyl (C=O) groups is 1. The molecule has 0 bridgehead atoms. The maximum atomic E-state index is 12.8. The first kappa shape index (κ1) is 27.8. The van der Waals surface area contributed by atoms with Crippen molar-refractivity contribution >= 4 is 34.6 Å². The van der Waals surface area contributed by atoms with E-state index in [0.717, 1.165) is 28.3 Å². The third kappa shape index (κ3) is 5.62. The van der Waals surface area contributed by atoms with Gasteiger partial charge in [0.2, 0.25) is 5.91 Å². The number of aryl methyl sites for hydroxylation is 1. The molecule has 2 aromatic heterocycles. The van der Waals surface area contributed by atoms with Crippen molar-refractivity contribution in [1.82, 2.24) is 19.8 Å². The molecule has 0 aliphatic carbocycles. The number of carbonyl (C=O) groups excluding carboxylic acids is 1. The zero-order valence-corrected chi connectivity index (χ0v) is 23.7. The Balaban J connectivity index is 1.51. The van der Waals surface area contributed by atoms with E-state index >= 15 is 0 Å². The molecule has 5 rings (SSSR count). The number of methoxy groups -OCH3 is 1. The molecule has 1 amide bonds. The zero-order valence-electron chi connectivity index (χ0n) is 22.9. The van der Waals surface area contributed by atoms with Crippen LogP contribution in [0.15, 0.2) is 79.0 Å². The summed E-state index contributed by atoms with van der Waals surface area (Å²) in [6.45, 7) is 4.37. The van der Waals surface area contributed by atoms with Gasteiger partial charge in [0.15, 0.2) is 5.11 Å². The second-order valence-electron chi connectivity index (χ2n) is 9.76. The van der Waals surface area contributed by atoms with Gasteiger partial charge in [-0.2, -0.15) is 0 Å². The first-order valence-corrected chi connectivity index (χ1v) is 13.5. The molecule has 3 heterocycles. The van der Waals surface area contributed by atoms with E-state index in [1.807, 2.05) is 71.8 Å². The van der Waals surface area contributed by atoms with Crippen LogP contribution < -0.4 is 15.4 Å². The van der Waals surface area contributed by atoms with Gasteiger partial charge in [-0.3, -0.25) is 19.9 Å². The summed E-state index contributed by atoms with van der Waals surface area (Å²) in [5.74, 6) is 0.281. The molecule has 2 aromatic carbocycles. The second-order valence-corrected chi connectivity index (χ2v) is 10.1. The number of anilines is 1. The Kier molecular flexibility index (Phi) is 7.97. The zero-order chi connectivity index (χ0) is 29.1. The van der Waals surface area contributed by atoms with Gasteiger partial charge in [0.1, 0.15) is 5.75 Å². The lowest BCUT2D eigenvalue weighted by atomic mass is 9.96. The van der Waals surface area contributed by atoms with Crippen molar-refractivity contribution in [3.63, 3.8) is 0 Å². The lowest BCUT2D eigenvalue weighted by Crippen LogP contribution is -2.32. The van der Waals surface area contributed by atoms with Crippen LogP contribution in [0.25, 0.3) is 5.69 Å². The van der Waals surface area contributed by atoms with E-state index in [-0.39, 0.29) is 30.1 Å². The standard InChI is InChI=1S/C30H30N6O4S/c1-19-17-23(20(2)35(19)25-13-12-22(36(38)39)18-26(25)40-3)29-28(24-11-7-8-15-31-24)33-30(41)34(29)16-14-27(37)32-21-9-5-4-6-10-21/h4-13,15,17-18,28-29H,14,16H2,1-3H3,(H,32,37)(H,33,41). The number of para-hydroxylation sites is 1. The third-order valence-electron chi connectivity index (χ3n) is 7.24. The molecule has 2 atom stereocenters. The van der Waals surface area contributed by atoms with Crippen molar-refractivity contribution in [1.29, 1.82) is 0 Å². The van der Waals surface area contributed by atoms with Crippen LogP contribution in [-0.4, -0.2) is 44.0 Å². The Morgan fingerprint density at radius 3 is 2.56 bits per heavy atom. The van der Waals surface area contributed by atoms with Crippen molar-refractivity contribution in [3.8, 4) is 11.4 Å². The number of ether oxygens (including phenoxy) is 1. The van der Waals surface area contributed by atoms with Gasteiger partial charge in [0.05, 0.1) is 41.6 Å². The molecule has 11 heteroatoms. The summed E-state index contributed by atoms with van der Waals surface area (Å²) in [5, 5.41) is 18.3. The van der Waals surface area contributed by atoms with Crippen LogP contribution >= 0.6 is 12.2 Å². The molecule has 1 aliphatic rings. The summed E-state index contributed by atoms with van der Waals surface area (Å²) in [7, 11) is 1.50. The fourth-order valence-corrected chi connectivity index (χ4v) is 5.71. The topological polar surface area (TPSA) is 115 Å². The minimum Gasteiger partial charge on any atom is -0.494 e. The Bertz CT molecular complexity index is 1590. The molecule has 2 unspecified atom stereocenters. The lowest BCUT2D eigenvalue weighted by molar-refractivity contribution is -0.384. The number of nitro benzene ring substituents is 1. The number of non-ortho nitro benzene ring substituents is 1. The maximum Gasteiger partial charge on any atom is 0.273 e. The van der Waals surface area contributed by atoms with E-state index in [1.54, 1.807) is 12.3 Å². The monoisotopic (exact) mass is 570 g/mol. The predicted octanol–water partition coefficient (Wildman–Crippen LogP) is 5.41. The molecule has 1 saturated heterocycles. The highest BCUT2D eigenvalue weighted by Gasteiger charge is 2.41. The van der Waals surface area contributed by atoms with Gasteiger partial charge in [0.25, 0.3) is 5.69 Å². The largest absolute Gasteiger partial charge is 0.494 e. The molecule has 2 N–H and O–H groups in total. The van der Waals surface area contributed by atoms with Gasteiger partial charge in [0, 0.05) is 42.3 Å². The van der Waals surface area contributed by atoms with Crippen molar-refractivity contribution in [2.45, 2.75) is 32.4 Å². The van der Waals surface area contributed by atoms with Crippen molar-refractivity contribution in [2.75, 3.05) is 19.0 Å². The normalized spacial score (nSPS) is 16.4. The minimum absolute atomic E-state index is 0.0474. The van der Waals surface area contributed by atoms with Crippen LogP contribution in [0.2, 0.25) is 0 Å².